The number of piperidine rings is 2. The fraction of sp³-hybridized carbons (Fsp3) is 0.441. The third-order valence-corrected chi connectivity index (χ3v) is 9.28. The van der Waals surface area contributed by atoms with Crippen LogP contribution in [0.25, 0.3) is 22.2 Å². The number of hydrogen-bond donors (Lipinski definition) is 3. The molecule has 9 nitrogen and oxygen atoms in total. The maximum atomic E-state index is 14.4. The maximum Gasteiger partial charge on any atom is 0.260 e. The number of likely N-dealkylation sites (tertiary alicyclic amines) is 1. The molecule has 2 aromatic heterocycles. The highest BCUT2D eigenvalue weighted by atomic mass is 16.5. The average Bonchev–Trinajstić information content (AvgIpc) is 3.57. The number of rotatable bonds is 7. The number of nitrogens with zero attached hydrogens (tertiary/aromatic N) is 4. The van der Waals surface area contributed by atoms with Gasteiger partial charge < -0.3 is 20.7 Å². The van der Waals surface area contributed by atoms with E-state index in [1.54, 1.807) is 0 Å². The van der Waals surface area contributed by atoms with E-state index < -0.39 is 0 Å². The molecule has 43 heavy (non-hydrogen) atoms. The van der Waals surface area contributed by atoms with Crippen molar-refractivity contribution in [2.75, 3.05) is 50.5 Å². The Bertz CT molecular complexity index is 1620. The van der Waals surface area contributed by atoms with Gasteiger partial charge in [0.1, 0.15) is 5.65 Å². The van der Waals surface area contributed by atoms with Gasteiger partial charge in [-0.2, -0.15) is 4.98 Å². The molecule has 3 aliphatic rings. The normalized spacial score (nSPS) is 21.7. The van der Waals surface area contributed by atoms with Crippen LogP contribution in [0.4, 0.5) is 17.3 Å². The Morgan fingerprint density at radius 2 is 1.77 bits per heavy atom. The van der Waals surface area contributed by atoms with Crippen LogP contribution in [0, 0.1) is 0 Å². The van der Waals surface area contributed by atoms with Gasteiger partial charge in [-0.15, -0.1) is 0 Å². The lowest BCUT2D eigenvalue weighted by molar-refractivity contribution is 0.186. The molecule has 0 aliphatic carbocycles. The van der Waals surface area contributed by atoms with Gasteiger partial charge in [0.15, 0.2) is 0 Å². The molecule has 0 saturated carbocycles. The Labute approximate surface area is 252 Å². The average molecular weight is 580 g/mol. The van der Waals surface area contributed by atoms with Gasteiger partial charge in [0, 0.05) is 47.2 Å². The molecule has 224 valence electrons. The van der Waals surface area contributed by atoms with Crippen LogP contribution in [0.5, 0.6) is 0 Å². The lowest BCUT2D eigenvalue weighted by Crippen LogP contribution is -2.35. The molecule has 3 fully saturated rings. The van der Waals surface area contributed by atoms with Gasteiger partial charge in [-0.1, -0.05) is 30.7 Å². The van der Waals surface area contributed by atoms with Crippen molar-refractivity contribution in [1.29, 1.82) is 0 Å². The van der Waals surface area contributed by atoms with Crippen LogP contribution in [0.15, 0.2) is 65.6 Å². The zero-order chi connectivity index (χ0) is 29.2. The number of benzene rings is 2. The van der Waals surface area contributed by atoms with E-state index in [0.29, 0.717) is 42.5 Å². The molecular weight excluding hydrogens is 538 g/mol. The minimum Gasteiger partial charge on any atom is -0.382 e. The number of nitrogens with one attached hydrogen (secondary N) is 3. The van der Waals surface area contributed by atoms with E-state index in [1.807, 2.05) is 35.0 Å². The number of pyridine rings is 1. The predicted molar refractivity (Wildman–Crippen MR) is 172 cm³/mol. The van der Waals surface area contributed by atoms with Crippen molar-refractivity contribution < 1.29 is 4.74 Å². The Morgan fingerprint density at radius 3 is 2.56 bits per heavy atom. The van der Waals surface area contributed by atoms with Crippen molar-refractivity contribution in [3.8, 4) is 11.1 Å². The summed E-state index contributed by atoms with van der Waals surface area (Å²) in [5, 5.41) is 11.2. The number of fused-ring (bicyclic) bond motifs is 1. The Hall–Kier alpha value is -3.79. The highest BCUT2D eigenvalue weighted by molar-refractivity contribution is 5.83. The lowest BCUT2D eigenvalue weighted by atomic mass is 9.89. The van der Waals surface area contributed by atoms with E-state index in [-0.39, 0.29) is 11.6 Å². The second-order valence-electron chi connectivity index (χ2n) is 12.2. The maximum absolute atomic E-state index is 14.4. The third kappa shape index (κ3) is 5.89. The van der Waals surface area contributed by atoms with Crippen molar-refractivity contribution >= 4 is 28.4 Å². The lowest BCUT2D eigenvalue weighted by Gasteiger charge is -2.34. The molecule has 3 saturated heterocycles. The summed E-state index contributed by atoms with van der Waals surface area (Å²) in [5.74, 6) is 0.468. The second-order valence-corrected chi connectivity index (χ2v) is 12.2. The second kappa shape index (κ2) is 12.4. The van der Waals surface area contributed by atoms with E-state index in [9.17, 15) is 4.79 Å². The first-order chi connectivity index (χ1) is 21.1. The van der Waals surface area contributed by atoms with Crippen molar-refractivity contribution in [2.45, 2.75) is 56.7 Å². The number of hydrogen-bond acceptors (Lipinski definition) is 8. The summed E-state index contributed by atoms with van der Waals surface area (Å²) in [7, 11) is 2.19. The summed E-state index contributed by atoms with van der Waals surface area (Å²) in [4.78, 5) is 26.4. The van der Waals surface area contributed by atoms with Gasteiger partial charge in [0.05, 0.1) is 12.6 Å². The molecule has 2 aromatic carbocycles. The molecule has 0 bridgehead atoms. The fourth-order valence-electron chi connectivity index (χ4n) is 6.92. The SMILES string of the molecule is CN1CCCCC1c1ccccc1-c1cc2cnc(Nc3ccc(NC4CCNCC4)cc3)nc2n(C2CCOC2)c1=O. The van der Waals surface area contributed by atoms with E-state index in [2.05, 4.69) is 63.2 Å². The standard InChI is InChI=1S/C34H41N7O2/c1-40-18-5-4-8-31(40)29-7-3-2-6-28(29)30-20-23-21-36-34(39-32(23)41(33(30)42)27-15-19-43-22-27)38-25-11-9-24(10-12-25)37-26-13-16-35-17-14-26/h2-3,6-7,9-12,20-21,26-27,31,35,37H,4-5,8,13-19,22H2,1H3,(H,36,38,39). The molecule has 3 N–H and O–H groups in total. The molecule has 0 radical (unpaired) electrons. The summed E-state index contributed by atoms with van der Waals surface area (Å²) in [6, 6.07) is 19.4. The minimum absolute atomic E-state index is 0.0214. The third-order valence-electron chi connectivity index (χ3n) is 9.28. The predicted octanol–water partition coefficient (Wildman–Crippen LogP) is 5.48. The van der Waals surface area contributed by atoms with Crippen LogP contribution in [-0.4, -0.2) is 65.4 Å². The van der Waals surface area contributed by atoms with Gasteiger partial charge in [0.2, 0.25) is 5.95 Å². The first-order valence-electron chi connectivity index (χ1n) is 15.8. The van der Waals surface area contributed by atoms with Gasteiger partial charge in [0.25, 0.3) is 5.56 Å². The van der Waals surface area contributed by atoms with Crippen LogP contribution in [0.2, 0.25) is 0 Å². The molecule has 2 unspecified atom stereocenters. The van der Waals surface area contributed by atoms with Crippen LogP contribution >= 0.6 is 0 Å². The van der Waals surface area contributed by atoms with Crippen molar-refractivity contribution in [3.63, 3.8) is 0 Å². The van der Waals surface area contributed by atoms with E-state index >= 15 is 0 Å². The molecule has 2 atom stereocenters. The Kier molecular flexibility index (Phi) is 8.10. The summed E-state index contributed by atoms with van der Waals surface area (Å²) in [6.07, 6.45) is 8.39. The van der Waals surface area contributed by atoms with Gasteiger partial charge >= 0.3 is 0 Å². The summed E-state index contributed by atoms with van der Waals surface area (Å²) in [5.41, 5.74) is 5.55. The van der Waals surface area contributed by atoms with Gasteiger partial charge in [-0.05, 0) is 100 Å². The molecule has 0 amide bonds. The van der Waals surface area contributed by atoms with Crippen molar-refractivity contribution in [3.05, 3.63) is 76.7 Å². The molecule has 4 aromatic rings. The Morgan fingerprint density at radius 1 is 0.953 bits per heavy atom. The molecule has 7 rings (SSSR count). The van der Waals surface area contributed by atoms with Crippen molar-refractivity contribution in [1.82, 2.24) is 24.8 Å². The fourth-order valence-corrected chi connectivity index (χ4v) is 6.92. The monoisotopic (exact) mass is 579 g/mol. The summed E-state index contributed by atoms with van der Waals surface area (Å²) < 4.78 is 7.61. The summed E-state index contributed by atoms with van der Waals surface area (Å²) >= 11 is 0. The van der Waals surface area contributed by atoms with E-state index in [0.717, 1.165) is 67.6 Å². The zero-order valence-corrected chi connectivity index (χ0v) is 24.9. The first-order valence-corrected chi connectivity index (χ1v) is 15.8. The molecule has 9 heteroatoms. The molecule has 0 spiro atoms. The van der Waals surface area contributed by atoms with Gasteiger partial charge in [-0.25, -0.2) is 4.98 Å². The highest BCUT2D eigenvalue weighted by Crippen LogP contribution is 2.36. The first kappa shape index (κ1) is 28.0. The van der Waals surface area contributed by atoms with E-state index in [4.69, 9.17) is 9.72 Å². The molecular formula is C34H41N7O2. The summed E-state index contributed by atoms with van der Waals surface area (Å²) in [6.45, 7) is 4.33. The number of ether oxygens (including phenoxy) is 1. The quantitative estimate of drug-likeness (QED) is 0.265. The number of anilines is 3. The largest absolute Gasteiger partial charge is 0.382 e. The highest BCUT2D eigenvalue weighted by Gasteiger charge is 2.27. The zero-order valence-electron chi connectivity index (χ0n) is 24.9. The Balaban J connectivity index is 1.23. The van der Waals surface area contributed by atoms with Crippen LogP contribution in [-0.2, 0) is 4.74 Å². The molecule has 3 aliphatic heterocycles. The smallest absolute Gasteiger partial charge is 0.260 e. The van der Waals surface area contributed by atoms with Crippen LogP contribution in [0.1, 0.15) is 56.2 Å². The van der Waals surface area contributed by atoms with Crippen LogP contribution in [0.3, 0.4) is 0 Å². The minimum atomic E-state index is -0.0671. The van der Waals surface area contributed by atoms with Crippen molar-refractivity contribution in [2.24, 2.45) is 0 Å². The van der Waals surface area contributed by atoms with E-state index in [1.165, 1.54) is 18.4 Å². The molecule has 5 heterocycles. The van der Waals surface area contributed by atoms with Crippen LogP contribution < -0.4 is 21.5 Å². The van der Waals surface area contributed by atoms with Gasteiger partial charge in [-0.3, -0.25) is 14.3 Å². The number of aromatic nitrogens is 3. The topological polar surface area (TPSA) is 96.3 Å².